The summed E-state index contributed by atoms with van der Waals surface area (Å²) in [4.78, 5) is 15.2. The number of hydrogen-bond acceptors (Lipinski definition) is 4. The van der Waals surface area contributed by atoms with Crippen molar-refractivity contribution in [3.05, 3.63) is 34.3 Å². The zero-order valence-electron chi connectivity index (χ0n) is 8.61. The van der Waals surface area contributed by atoms with Gasteiger partial charge in [-0.1, -0.05) is 11.6 Å². The van der Waals surface area contributed by atoms with Gasteiger partial charge in [-0.25, -0.2) is 4.98 Å². The van der Waals surface area contributed by atoms with Gasteiger partial charge in [0, 0.05) is 10.6 Å². The summed E-state index contributed by atoms with van der Waals surface area (Å²) in [7, 11) is 0. The Bertz CT molecular complexity index is 507. The Hall–Kier alpha value is -1.26. The maximum absolute atomic E-state index is 10.9. The second-order valence-corrected chi connectivity index (χ2v) is 4.67. The number of hydrogen-bond donors (Lipinski definition) is 0. The summed E-state index contributed by atoms with van der Waals surface area (Å²) in [5.41, 5.74) is 0.912. The summed E-state index contributed by atoms with van der Waals surface area (Å²) >= 11 is 7.05. The van der Waals surface area contributed by atoms with Crippen LogP contribution >= 0.6 is 23.1 Å². The number of carbonyl (C=O) groups is 1. The van der Waals surface area contributed by atoms with E-state index in [-0.39, 0.29) is 5.78 Å². The number of Topliss-reactive ketones (excluding diaryl/α,β-unsaturated/α-hetero) is 1. The van der Waals surface area contributed by atoms with Crippen LogP contribution in [0.4, 0.5) is 0 Å². The molecule has 82 valence electrons. The molecule has 5 heteroatoms. The molecule has 1 heterocycles. The van der Waals surface area contributed by atoms with E-state index in [1.807, 2.05) is 12.1 Å². The molecule has 0 saturated carbocycles. The average molecular weight is 253 g/mol. The van der Waals surface area contributed by atoms with Gasteiger partial charge < -0.3 is 0 Å². The molecule has 0 radical (unpaired) electrons. The molecule has 0 N–H and O–H groups in total. The molecule has 16 heavy (non-hydrogen) atoms. The van der Waals surface area contributed by atoms with Gasteiger partial charge >= 0.3 is 0 Å². The van der Waals surface area contributed by atoms with E-state index in [4.69, 9.17) is 11.6 Å². The van der Waals surface area contributed by atoms with Crippen molar-refractivity contribution in [2.75, 3.05) is 0 Å². The van der Waals surface area contributed by atoms with Gasteiger partial charge in [-0.2, -0.15) is 4.37 Å². The molecule has 1 aromatic heterocycles. The predicted molar refractivity (Wildman–Crippen MR) is 64.7 cm³/mol. The maximum atomic E-state index is 10.9. The van der Waals surface area contributed by atoms with Crippen molar-refractivity contribution in [1.29, 1.82) is 0 Å². The number of nitrogens with zero attached hydrogens (tertiary/aromatic N) is 2. The molecule has 0 aliphatic rings. The molecule has 0 spiro atoms. The summed E-state index contributed by atoms with van der Waals surface area (Å²) in [5.74, 6) is 0.747. The predicted octanol–water partition coefficient (Wildman–Crippen LogP) is 2.99. The normalized spacial score (nSPS) is 10.4. The van der Waals surface area contributed by atoms with Crippen molar-refractivity contribution >= 4 is 28.9 Å². The highest BCUT2D eigenvalue weighted by Crippen LogP contribution is 2.20. The summed E-state index contributed by atoms with van der Waals surface area (Å²) in [6.45, 7) is 1.55. The van der Waals surface area contributed by atoms with Gasteiger partial charge in [0.05, 0.1) is 6.42 Å². The summed E-state index contributed by atoms with van der Waals surface area (Å²) in [6.07, 6.45) is 0.352. The van der Waals surface area contributed by atoms with Crippen molar-refractivity contribution in [2.45, 2.75) is 13.3 Å². The van der Waals surface area contributed by atoms with Crippen LogP contribution in [0.25, 0.3) is 11.4 Å². The summed E-state index contributed by atoms with van der Waals surface area (Å²) in [5, 5.41) is 1.43. The van der Waals surface area contributed by atoms with Crippen LogP contribution in [0.1, 0.15) is 11.9 Å². The Morgan fingerprint density at radius 2 is 2.06 bits per heavy atom. The van der Waals surface area contributed by atoms with Crippen LogP contribution in [0.3, 0.4) is 0 Å². The van der Waals surface area contributed by atoms with Crippen molar-refractivity contribution < 1.29 is 4.79 Å². The lowest BCUT2D eigenvalue weighted by Gasteiger charge is -1.94. The highest BCUT2D eigenvalue weighted by molar-refractivity contribution is 7.05. The van der Waals surface area contributed by atoms with E-state index in [1.54, 1.807) is 19.1 Å². The molecular weight excluding hydrogens is 244 g/mol. The molecule has 0 bridgehead atoms. The van der Waals surface area contributed by atoms with Gasteiger partial charge in [0.1, 0.15) is 10.8 Å². The van der Waals surface area contributed by atoms with Crippen LogP contribution < -0.4 is 0 Å². The minimum Gasteiger partial charge on any atom is -0.300 e. The van der Waals surface area contributed by atoms with Gasteiger partial charge in [-0.15, -0.1) is 0 Å². The molecule has 1 aromatic carbocycles. The van der Waals surface area contributed by atoms with E-state index in [0.717, 1.165) is 10.6 Å². The maximum Gasteiger partial charge on any atom is 0.173 e. The molecule has 0 atom stereocenters. The zero-order valence-corrected chi connectivity index (χ0v) is 10.2. The van der Waals surface area contributed by atoms with Gasteiger partial charge in [0.2, 0.25) is 0 Å². The fourth-order valence-electron chi connectivity index (χ4n) is 1.26. The number of halogens is 1. The lowest BCUT2D eigenvalue weighted by atomic mass is 10.2. The number of ketones is 1. The molecule has 0 aliphatic heterocycles. The van der Waals surface area contributed by atoms with Crippen molar-refractivity contribution in [2.24, 2.45) is 0 Å². The molecule has 0 saturated heterocycles. The standard InChI is InChI=1S/C11H9ClN2OS/c1-7(15)6-10-13-11(14-16-10)8-2-4-9(12)5-3-8/h2-5H,6H2,1H3. The van der Waals surface area contributed by atoms with E-state index >= 15 is 0 Å². The Morgan fingerprint density at radius 1 is 1.38 bits per heavy atom. The monoisotopic (exact) mass is 252 g/mol. The van der Waals surface area contributed by atoms with Crippen molar-refractivity contribution in [3.63, 3.8) is 0 Å². The summed E-state index contributed by atoms with van der Waals surface area (Å²) in [6, 6.07) is 7.31. The van der Waals surface area contributed by atoms with Gasteiger partial charge in [-0.3, -0.25) is 4.79 Å². The Balaban J connectivity index is 2.24. The third-order valence-corrected chi connectivity index (χ3v) is 2.93. The van der Waals surface area contributed by atoms with E-state index in [1.165, 1.54) is 11.5 Å². The molecule has 0 fully saturated rings. The number of carbonyl (C=O) groups excluding carboxylic acids is 1. The van der Waals surface area contributed by atoms with Crippen LogP contribution in [0, 0.1) is 0 Å². The lowest BCUT2D eigenvalue weighted by molar-refractivity contribution is -0.116. The Morgan fingerprint density at radius 3 is 2.69 bits per heavy atom. The van der Waals surface area contributed by atoms with E-state index in [9.17, 15) is 4.79 Å². The minimum atomic E-state index is 0.0961. The first-order valence-corrected chi connectivity index (χ1v) is 5.88. The molecule has 2 rings (SSSR count). The van der Waals surface area contributed by atoms with Crippen molar-refractivity contribution in [1.82, 2.24) is 9.36 Å². The van der Waals surface area contributed by atoms with Crippen LogP contribution in [0.2, 0.25) is 5.02 Å². The third kappa shape index (κ3) is 2.65. The topological polar surface area (TPSA) is 42.9 Å². The van der Waals surface area contributed by atoms with E-state index in [0.29, 0.717) is 17.3 Å². The van der Waals surface area contributed by atoms with E-state index < -0.39 is 0 Å². The highest BCUT2D eigenvalue weighted by Gasteiger charge is 2.07. The number of benzene rings is 1. The fourth-order valence-corrected chi connectivity index (χ4v) is 2.12. The third-order valence-electron chi connectivity index (χ3n) is 1.97. The first-order valence-electron chi connectivity index (χ1n) is 4.73. The SMILES string of the molecule is CC(=O)Cc1nc(-c2ccc(Cl)cc2)ns1. The molecular formula is C11H9ClN2OS. The number of rotatable bonds is 3. The molecule has 2 aromatic rings. The first-order chi connectivity index (χ1) is 7.65. The molecule has 0 aliphatic carbocycles. The van der Waals surface area contributed by atoms with Crippen LogP contribution in [-0.4, -0.2) is 15.1 Å². The molecule has 0 amide bonds. The second-order valence-electron chi connectivity index (χ2n) is 3.40. The Labute approximate surface area is 102 Å². The highest BCUT2D eigenvalue weighted by atomic mass is 35.5. The smallest absolute Gasteiger partial charge is 0.173 e. The quantitative estimate of drug-likeness (QED) is 0.843. The Kier molecular flexibility index (Phi) is 3.31. The van der Waals surface area contributed by atoms with Gasteiger partial charge in [0.15, 0.2) is 5.82 Å². The summed E-state index contributed by atoms with van der Waals surface area (Å²) < 4.78 is 4.20. The van der Waals surface area contributed by atoms with Crippen LogP contribution in [0.15, 0.2) is 24.3 Å². The first kappa shape index (κ1) is 11.2. The minimum absolute atomic E-state index is 0.0961. The zero-order chi connectivity index (χ0) is 11.5. The van der Waals surface area contributed by atoms with Crippen LogP contribution in [-0.2, 0) is 11.2 Å². The fraction of sp³-hybridized carbons (Fsp3) is 0.182. The average Bonchev–Trinajstić information content (AvgIpc) is 2.66. The lowest BCUT2D eigenvalue weighted by Crippen LogP contribution is -1.95. The molecule has 3 nitrogen and oxygen atoms in total. The van der Waals surface area contributed by atoms with E-state index in [2.05, 4.69) is 9.36 Å². The second kappa shape index (κ2) is 4.72. The van der Waals surface area contributed by atoms with Crippen LogP contribution in [0.5, 0.6) is 0 Å². The largest absolute Gasteiger partial charge is 0.300 e. The molecule has 0 unspecified atom stereocenters. The van der Waals surface area contributed by atoms with Gasteiger partial charge in [-0.05, 0) is 42.7 Å². The van der Waals surface area contributed by atoms with Gasteiger partial charge in [0.25, 0.3) is 0 Å². The van der Waals surface area contributed by atoms with Crippen molar-refractivity contribution in [3.8, 4) is 11.4 Å². The number of aromatic nitrogens is 2.